The second-order valence-corrected chi connectivity index (χ2v) is 8.54. The molecule has 2 aromatic heterocycles. The zero-order valence-corrected chi connectivity index (χ0v) is 17.5. The Balaban J connectivity index is 1.24. The Kier molecular flexibility index (Phi) is 5.11. The third kappa shape index (κ3) is 3.64. The highest BCUT2D eigenvalue weighted by Crippen LogP contribution is 2.29. The molecular formula is C23H28N6O. The zero-order valence-electron chi connectivity index (χ0n) is 17.5. The fourth-order valence-corrected chi connectivity index (χ4v) is 4.62. The van der Waals surface area contributed by atoms with Crippen LogP contribution in [0.1, 0.15) is 65.7 Å². The lowest BCUT2D eigenvalue weighted by Gasteiger charge is -2.31. The van der Waals surface area contributed by atoms with E-state index in [1.54, 1.807) is 0 Å². The molecule has 1 saturated heterocycles. The monoisotopic (exact) mass is 404 g/mol. The number of fused-ring (bicyclic) bond motifs is 1. The molecule has 0 saturated carbocycles. The number of hydrogen-bond donors (Lipinski definition) is 1. The van der Waals surface area contributed by atoms with E-state index in [2.05, 4.69) is 44.0 Å². The van der Waals surface area contributed by atoms with E-state index in [0.29, 0.717) is 11.6 Å². The molecule has 1 aromatic carbocycles. The number of hydrogen-bond acceptors (Lipinski definition) is 4. The van der Waals surface area contributed by atoms with Gasteiger partial charge in [0, 0.05) is 37.5 Å². The predicted octanol–water partition coefficient (Wildman–Crippen LogP) is 3.72. The highest BCUT2D eigenvalue weighted by Gasteiger charge is 2.29. The number of nitrogens with zero attached hydrogens (tertiary/aromatic N) is 5. The lowest BCUT2D eigenvalue weighted by atomic mass is 9.95. The molecule has 0 bridgehead atoms. The predicted molar refractivity (Wildman–Crippen MR) is 114 cm³/mol. The van der Waals surface area contributed by atoms with Crippen molar-refractivity contribution in [1.29, 1.82) is 0 Å². The summed E-state index contributed by atoms with van der Waals surface area (Å²) in [5.41, 5.74) is 3.58. The first-order valence-corrected chi connectivity index (χ1v) is 11.0. The number of carbonyl (C=O) groups is 1. The van der Waals surface area contributed by atoms with Gasteiger partial charge in [0.25, 0.3) is 5.91 Å². The van der Waals surface area contributed by atoms with Crippen molar-refractivity contribution in [2.45, 2.75) is 57.9 Å². The van der Waals surface area contributed by atoms with Gasteiger partial charge in [-0.3, -0.25) is 9.89 Å². The molecule has 3 aromatic rings. The number of aromatic amines is 1. The Labute approximate surface area is 176 Å². The maximum atomic E-state index is 13.0. The van der Waals surface area contributed by atoms with Crippen LogP contribution in [0, 0.1) is 6.92 Å². The number of benzene rings is 1. The molecule has 30 heavy (non-hydrogen) atoms. The van der Waals surface area contributed by atoms with Crippen LogP contribution in [0.25, 0.3) is 11.3 Å². The number of likely N-dealkylation sites (tertiary alicyclic amines) is 1. The fraction of sp³-hybridized carbons (Fsp3) is 0.478. The van der Waals surface area contributed by atoms with Crippen molar-refractivity contribution in [2.24, 2.45) is 0 Å². The van der Waals surface area contributed by atoms with Gasteiger partial charge in [0.05, 0.1) is 5.69 Å². The first-order valence-electron chi connectivity index (χ1n) is 11.0. The van der Waals surface area contributed by atoms with Crippen LogP contribution >= 0.6 is 0 Å². The average Bonchev–Trinajstić information content (AvgIpc) is 3.36. The van der Waals surface area contributed by atoms with Crippen molar-refractivity contribution in [3.8, 4) is 11.3 Å². The van der Waals surface area contributed by atoms with Gasteiger partial charge in [-0.05, 0) is 38.7 Å². The van der Waals surface area contributed by atoms with E-state index >= 15 is 0 Å². The number of nitrogens with one attached hydrogen (secondary N) is 1. The minimum atomic E-state index is 0.0272. The molecule has 7 nitrogen and oxygen atoms in total. The third-order valence-electron chi connectivity index (χ3n) is 6.44. The number of rotatable bonds is 3. The van der Waals surface area contributed by atoms with Crippen molar-refractivity contribution in [3.05, 3.63) is 53.2 Å². The smallest absolute Gasteiger partial charge is 0.271 e. The minimum absolute atomic E-state index is 0.0272. The van der Waals surface area contributed by atoms with Crippen LogP contribution < -0.4 is 0 Å². The molecule has 2 aliphatic rings. The summed E-state index contributed by atoms with van der Waals surface area (Å²) >= 11 is 0. The topological polar surface area (TPSA) is 79.7 Å². The summed E-state index contributed by atoms with van der Waals surface area (Å²) in [6, 6.07) is 10.0. The van der Waals surface area contributed by atoms with Crippen LogP contribution in [0.2, 0.25) is 0 Å². The fourth-order valence-electron chi connectivity index (χ4n) is 4.62. The number of carbonyl (C=O) groups excluding carboxylic acids is 1. The Morgan fingerprint density at radius 2 is 1.83 bits per heavy atom. The van der Waals surface area contributed by atoms with Crippen LogP contribution in [0.15, 0.2) is 30.3 Å². The van der Waals surface area contributed by atoms with E-state index in [-0.39, 0.29) is 5.91 Å². The molecule has 0 spiro atoms. The molecule has 1 N–H and O–H groups in total. The summed E-state index contributed by atoms with van der Waals surface area (Å²) in [6.45, 7) is 4.58. The molecular weight excluding hydrogens is 376 g/mol. The summed E-state index contributed by atoms with van der Waals surface area (Å²) in [5.74, 6) is 2.68. The van der Waals surface area contributed by atoms with Gasteiger partial charge in [0.2, 0.25) is 0 Å². The molecule has 156 valence electrons. The molecule has 1 fully saturated rings. The van der Waals surface area contributed by atoms with Crippen molar-refractivity contribution >= 4 is 5.91 Å². The number of piperidine rings is 1. The molecule has 7 heteroatoms. The maximum Gasteiger partial charge on any atom is 0.271 e. The zero-order chi connectivity index (χ0) is 20.5. The van der Waals surface area contributed by atoms with Gasteiger partial charge >= 0.3 is 0 Å². The number of H-pyrrole nitrogens is 1. The van der Waals surface area contributed by atoms with Crippen molar-refractivity contribution in [1.82, 2.24) is 29.9 Å². The van der Waals surface area contributed by atoms with Crippen molar-refractivity contribution in [2.75, 3.05) is 13.1 Å². The Morgan fingerprint density at radius 1 is 1.03 bits per heavy atom. The first kappa shape index (κ1) is 19.0. The Hall–Kier alpha value is -2.96. The SMILES string of the molecule is Cc1ccc(-c2cc(C(=O)N3CCC(c4nnc5n4CCCCC5)CC3)[nH]n2)cc1. The van der Waals surface area contributed by atoms with E-state index in [9.17, 15) is 4.79 Å². The Bertz CT molecular complexity index is 1030. The lowest BCUT2D eigenvalue weighted by Crippen LogP contribution is -2.38. The number of aromatic nitrogens is 5. The van der Waals surface area contributed by atoms with Crippen molar-refractivity contribution < 1.29 is 4.79 Å². The van der Waals surface area contributed by atoms with E-state index < -0.39 is 0 Å². The van der Waals surface area contributed by atoms with Crippen LogP contribution in [-0.2, 0) is 13.0 Å². The van der Waals surface area contributed by atoms with Gasteiger partial charge in [-0.1, -0.05) is 36.2 Å². The Morgan fingerprint density at radius 3 is 2.63 bits per heavy atom. The van der Waals surface area contributed by atoms with Crippen LogP contribution in [0.4, 0.5) is 0 Å². The number of amides is 1. The molecule has 0 unspecified atom stereocenters. The summed E-state index contributed by atoms with van der Waals surface area (Å²) < 4.78 is 2.35. The van der Waals surface area contributed by atoms with Gasteiger partial charge in [0.1, 0.15) is 17.3 Å². The van der Waals surface area contributed by atoms with E-state index in [0.717, 1.165) is 61.8 Å². The van der Waals surface area contributed by atoms with Gasteiger partial charge in [-0.15, -0.1) is 10.2 Å². The minimum Gasteiger partial charge on any atom is -0.337 e. The number of aryl methyl sites for hydroxylation is 2. The van der Waals surface area contributed by atoms with Crippen molar-refractivity contribution in [3.63, 3.8) is 0 Å². The molecule has 0 atom stereocenters. The second-order valence-electron chi connectivity index (χ2n) is 8.54. The van der Waals surface area contributed by atoms with E-state index in [4.69, 9.17) is 0 Å². The van der Waals surface area contributed by atoms with Crippen LogP contribution in [0.3, 0.4) is 0 Å². The highest BCUT2D eigenvalue weighted by molar-refractivity contribution is 5.93. The molecule has 4 heterocycles. The quantitative estimate of drug-likeness (QED) is 0.721. The maximum absolute atomic E-state index is 13.0. The lowest BCUT2D eigenvalue weighted by molar-refractivity contribution is 0.0704. The molecule has 5 rings (SSSR count). The largest absolute Gasteiger partial charge is 0.337 e. The molecule has 0 radical (unpaired) electrons. The van der Waals surface area contributed by atoms with Gasteiger partial charge < -0.3 is 9.47 Å². The normalized spacial score (nSPS) is 17.6. The second kappa shape index (κ2) is 8.05. The van der Waals surface area contributed by atoms with Gasteiger partial charge in [-0.2, -0.15) is 5.10 Å². The van der Waals surface area contributed by atoms with E-state index in [1.165, 1.54) is 24.8 Å². The van der Waals surface area contributed by atoms with Gasteiger partial charge in [-0.25, -0.2) is 0 Å². The summed E-state index contributed by atoms with van der Waals surface area (Å²) in [4.78, 5) is 14.9. The summed E-state index contributed by atoms with van der Waals surface area (Å²) in [7, 11) is 0. The van der Waals surface area contributed by atoms with Gasteiger partial charge in [0.15, 0.2) is 0 Å². The van der Waals surface area contributed by atoms with Crippen LogP contribution in [-0.4, -0.2) is 48.9 Å². The van der Waals surface area contributed by atoms with E-state index in [1.807, 2.05) is 23.1 Å². The summed E-state index contributed by atoms with van der Waals surface area (Å²) in [6.07, 6.45) is 6.59. The summed E-state index contributed by atoms with van der Waals surface area (Å²) in [5, 5.41) is 16.3. The van der Waals surface area contributed by atoms with Crippen LogP contribution in [0.5, 0.6) is 0 Å². The first-order chi connectivity index (χ1) is 14.7. The molecule has 0 aliphatic carbocycles. The molecule has 1 amide bonds. The highest BCUT2D eigenvalue weighted by atomic mass is 16.2. The molecule has 2 aliphatic heterocycles. The standard InChI is InChI=1S/C23H28N6O/c1-16-6-8-17(9-7-16)19-15-20(25-24-19)23(30)28-13-10-18(11-14-28)22-27-26-21-5-3-2-4-12-29(21)22/h6-9,15,18H,2-5,10-14H2,1H3,(H,24,25). The third-order valence-corrected chi connectivity index (χ3v) is 6.44. The average molecular weight is 405 g/mol.